The van der Waals surface area contributed by atoms with E-state index in [1.807, 2.05) is 222 Å². The van der Waals surface area contributed by atoms with Gasteiger partial charge in [0.1, 0.15) is 54.4 Å². The van der Waals surface area contributed by atoms with Crippen LogP contribution in [0.2, 0.25) is 30.1 Å². The third-order valence-corrected chi connectivity index (χ3v) is 26.8. The normalized spacial score (nSPS) is 13.8. The Bertz CT molecular complexity index is 5870. The molecule has 2 aliphatic rings. The number of Topliss-reactive ketones (excluding diaryl/α,β-unsaturated/α-hetero) is 3. The van der Waals surface area contributed by atoms with Gasteiger partial charge < -0.3 is 55.0 Å². The van der Waals surface area contributed by atoms with E-state index >= 15 is 0 Å². The summed E-state index contributed by atoms with van der Waals surface area (Å²) in [6.45, 7) is 11.2. The van der Waals surface area contributed by atoms with Crippen molar-refractivity contribution in [2.75, 3.05) is 44.9 Å². The van der Waals surface area contributed by atoms with Crippen LogP contribution < -0.4 is 50.3 Å². The topological polar surface area (TPSA) is 252 Å². The summed E-state index contributed by atoms with van der Waals surface area (Å²) in [5, 5.41) is 19.5. The van der Waals surface area contributed by atoms with Gasteiger partial charge in [-0.05, 0) is 305 Å². The van der Waals surface area contributed by atoms with Crippen LogP contribution in [-0.4, -0.2) is 92.6 Å². The van der Waals surface area contributed by atoms with Gasteiger partial charge in [0.05, 0.1) is 6.42 Å². The molecule has 13 aromatic rings. The lowest BCUT2D eigenvalue weighted by Crippen LogP contribution is -2.40. The summed E-state index contributed by atoms with van der Waals surface area (Å²) in [4.78, 5) is 96.8. The van der Waals surface area contributed by atoms with Crippen molar-refractivity contribution in [3.05, 3.63) is 423 Å². The van der Waals surface area contributed by atoms with Crippen LogP contribution in [0.4, 0.5) is 5.69 Å². The number of halogens is 6. The molecule has 19 nitrogen and oxygen atoms in total. The number of aryl methyl sites for hydroxylation is 7. The molecular formula is C123H131Cl6N5O14. The molecule has 0 saturated heterocycles. The van der Waals surface area contributed by atoms with Crippen LogP contribution in [0.15, 0.2) is 315 Å². The molecule has 0 atom stereocenters. The van der Waals surface area contributed by atoms with Gasteiger partial charge >= 0.3 is 5.97 Å². The lowest BCUT2D eigenvalue weighted by atomic mass is 9.79. The number of nitrogens with one attached hydrogen (secondary N) is 5. The zero-order chi connectivity index (χ0) is 105. The average molecular weight is 2120 g/mol. The van der Waals surface area contributed by atoms with Crippen molar-refractivity contribution in [1.82, 2.24) is 21.3 Å². The van der Waals surface area contributed by atoms with E-state index in [9.17, 15) is 38.4 Å². The molecule has 0 bridgehead atoms. The summed E-state index contributed by atoms with van der Waals surface area (Å²) in [5.41, 5.74) is 15.8. The molecule has 148 heavy (non-hydrogen) atoms. The second-order valence-corrected chi connectivity index (χ2v) is 39.9. The van der Waals surface area contributed by atoms with Gasteiger partial charge in [-0.1, -0.05) is 293 Å². The molecule has 2 saturated carbocycles. The number of amides is 4. The Kier molecular flexibility index (Phi) is 49.5. The lowest BCUT2D eigenvalue weighted by molar-refractivity contribution is -0.145. The number of anilines is 1. The van der Waals surface area contributed by atoms with E-state index in [2.05, 4.69) is 50.8 Å². The van der Waals surface area contributed by atoms with Crippen LogP contribution in [0.25, 0.3) is 0 Å². The van der Waals surface area contributed by atoms with E-state index in [0.29, 0.717) is 119 Å². The van der Waals surface area contributed by atoms with Crippen molar-refractivity contribution < 1.29 is 66.8 Å². The zero-order valence-corrected chi connectivity index (χ0v) is 88.9. The Morgan fingerprint density at radius 3 is 1.16 bits per heavy atom. The zero-order valence-electron chi connectivity index (χ0n) is 84.3. The molecule has 0 unspecified atom stereocenters. The molecule has 0 heterocycles. The van der Waals surface area contributed by atoms with Gasteiger partial charge in [0, 0.05) is 93.6 Å². The second-order valence-electron chi connectivity index (χ2n) is 37.3. The Hall–Kier alpha value is -13.1. The standard InChI is InChI=1S/C26H26ClNO4.C26H26ClNO2.C24H28ClNO4.C24H22ClNO4.C23H29Cl2N/c1-19-2-4-22(5-3-19)17-32-26(30)15-10-20-6-8-21(9-7-20)16-28-25(29)18-31-24-13-11-23(27)12-14-24;1-19-2-4-22(5-3-19)17-26(30)28-18-23-8-6-20(7-9-23)12-15-25(29)16-21-10-13-24(27)14-11-21;2*1-17-2-10-22(11-3-17)29-15-21(27)14-18-4-8-20(9-5-18)26-24(28)16-30-23-12-6-19(25)7-13-23;24-22-10-3-1-7-20(22)9-5-6-18-12-14-19(15-13-18)16-26-17-21-8-2-4-11-23(21)25/h2-9,11-14H,10,15-18H2,1H3,(H,28,29);2-11,13-14H,12,15-18H2,1H3,(H,28,30);2-3,6-7,10-13,18,20H,4-5,8-9,14-16H2,1H3,(H,26,28);2-13H,14-16H2,1H3,(H,26,28);1-4,7-8,10-11,18-19,26H,5-6,9,12-17H2. The van der Waals surface area contributed by atoms with Crippen molar-refractivity contribution in [3.63, 3.8) is 0 Å². The van der Waals surface area contributed by atoms with Gasteiger partial charge in [0.15, 0.2) is 31.4 Å². The van der Waals surface area contributed by atoms with E-state index in [4.69, 9.17) is 98.0 Å². The van der Waals surface area contributed by atoms with Crippen molar-refractivity contribution in [1.29, 1.82) is 0 Å². The minimum Gasteiger partial charge on any atom is -0.486 e. The Balaban J connectivity index is 0.000000176. The molecule has 2 fully saturated rings. The van der Waals surface area contributed by atoms with Crippen LogP contribution in [0.5, 0.6) is 28.7 Å². The summed E-state index contributed by atoms with van der Waals surface area (Å²) in [7, 11) is 0. The third kappa shape index (κ3) is 45.7. The number of ketones is 3. The Labute approximate surface area is 900 Å². The predicted octanol–water partition coefficient (Wildman–Crippen LogP) is 26.8. The van der Waals surface area contributed by atoms with Crippen molar-refractivity contribution in [2.24, 2.45) is 17.8 Å². The van der Waals surface area contributed by atoms with Crippen LogP contribution in [-0.2, 0) is 108 Å². The highest BCUT2D eigenvalue weighted by atomic mass is 35.5. The Morgan fingerprint density at radius 2 is 0.669 bits per heavy atom. The van der Waals surface area contributed by atoms with E-state index < -0.39 is 0 Å². The molecule has 0 aromatic heterocycles. The quantitative estimate of drug-likeness (QED) is 0.0223. The third-order valence-electron chi connectivity index (χ3n) is 25.1. The molecule has 0 spiro atoms. The summed E-state index contributed by atoms with van der Waals surface area (Å²) in [5.74, 6) is 4.73. The number of rotatable bonds is 45. The highest BCUT2D eigenvalue weighted by Crippen LogP contribution is 2.34. The first kappa shape index (κ1) is 115. The summed E-state index contributed by atoms with van der Waals surface area (Å²) >= 11 is 35.8. The van der Waals surface area contributed by atoms with Gasteiger partial charge in [-0.25, -0.2) is 0 Å². The van der Waals surface area contributed by atoms with Crippen LogP contribution in [0.1, 0.15) is 161 Å². The monoisotopic (exact) mass is 2110 g/mol. The summed E-state index contributed by atoms with van der Waals surface area (Å²) in [6.07, 6.45) is 16.5. The number of carbonyl (C=O) groups excluding carboxylic acids is 8. The molecule has 2 aliphatic carbocycles. The maximum atomic E-state index is 12.2. The van der Waals surface area contributed by atoms with E-state index in [0.717, 1.165) is 128 Å². The average Bonchev–Trinajstić information content (AvgIpc) is 0.891. The van der Waals surface area contributed by atoms with Crippen molar-refractivity contribution in [2.45, 2.75) is 182 Å². The summed E-state index contributed by atoms with van der Waals surface area (Å²) < 4.78 is 32.7. The van der Waals surface area contributed by atoms with E-state index in [-0.39, 0.29) is 92.4 Å². The van der Waals surface area contributed by atoms with Crippen molar-refractivity contribution in [3.8, 4) is 28.7 Å². The van der Waals surface area contributed by atoms with Gasteiger partial charge in [0.25, 0.3) is 17.7 Å². The van der Waals surface area contributed by atoms with Crippen LogP contribution in [0.3, 0.4) is 0 Å². The summed E-state index contributed by atoms with van der Waals surface area (Å²) in [6, 6.07) is 98.6. The molecule has 5 N–H and O–H groups in total. The van der Waals surface area contributed by atoms with Crippen LogP contribution >= 0.6 is 69.6 Å². The number of ether oxygens (including phenoxy) is 6. The number of benzene rings is 13. The fraction of sp³-hybridized carbons (Fsp3) is 0.301. The van der Waals surface area contributed by atoms with Gasteiger partial charge in [0.2, 0.25) is 5.91 Å². The number of esters is 1. The maximum absolute atomic E-state index is 12.2. The Morgan fingerprint density at radius 1 is 0.304 bits per heavy atom. The molecule has 0 radical (unpaired) electrons. The fourth-order valence-electron chi connectivity index (χ4n) is 16.5. The maximum Gasteiger partial charge on any atom is 0.306 e. The minimum atomic E-state index is -0.278. The smallest absolute Gasteiger partial charge is 0.306 e. The molecular weight excluding hydrogens is 1980 g/mol. The fourth-order valence-corrected chi connectivity index (χ4v) is 17.4. The predicted molar refractivity (Wildman–Crippen MR) is 594 cm³/mol. The molecule has 774 valence electrons. The molecule has 0 aliphatic heterocycles. The van der Waals surface area contributed by atoms with Crippen molar-refractivity contribution >= 4 is 122 Å². The van der Waals surface area contributed by atoms with Gasteiger partial charge in [-0.2, -0.15) is 0 Å². The van der Waals surface area contributed by atoms with E-state index in [1.54, 1.807) is 97.1 Å². The minimum absolute atomic E-state index is 0.00993. The molecule has 15 rings (SSSR count). The second kappa shape index (κ2) is 63.6. The molecule has 4 amide bonds. The SMILES string of the molecule is Cc1ccc(CC(=O)NCc2ccc(CCC(=O)Cc3ccc(Cl)cc3)cc2)cc1.Cc1ccc(COC(=O)CCc2ccc(CNC(=O)COc3ccc(Cl)cc3)cc2)cc1.Cc1ccc(OCC(=O)CC2CCC(NC(=O)COc3ccc(Cl)cc3)CC2)cc1.Cc1ccc(OCC(=O)Cc2ccc(NC(=O)COc3ccc(Cl)cc3)cc2)cc1.Clc1ccccc1CCCC1CCC(CNCc2ccccc2Cl)CC1. The number of hydrogen-bond acceptors (Lipinski definition) is 15. The van der Waals surface area contributed by atoms with E-state index in [1.165, 1.54) is 60.8 Å². The first-order valence-electron chi connectivity index (χ1n) is 50.3. The number of carbonyl (C=O) groups is 8. The first-order valence-corrected chi connectivity index (χ1v) is 52.5. The highest BCUT2D eigenvalue weighted by Gasteiger charge is 2.26. The van der Waals surface area contributed by atoms with Gasteiger partial charge in [-0.15, -0.1) is 0 Å². The first-order chi connectivity index (χ1) is 71.6. The lowest BCUT2D eigenvalue weighted by Gasteiger charge is -2.28. The molecule has 13 aromatic carbocycles. The van der Waals surface area contributed by atoms with Gasteiger partial charge in [-0.3, -0.25) is 38.4 Å². The largest absolute Gasteiger partial charge is 0.486 e. The highest BCUT2D eigenvalue weighted by molar-refractivity contribution is 6.32. The number of hydrogen-bond donors (Lipinski definition) is 5. The molecule has 25 heteroatoms. The van der Waals surface area contributed by atoms with Crippen LogP contribution in [0, 0.1) is 45.4 Å².